The normalized spacial score (nSPS) is 18.9. The fourth-order valence-corrected chi connectivity index (χ4v) is 3.38. The lowest BCUT2D eigenvalue weighted by atomic mass is 10.0. The lowest BCUT2D eigenvalue weighted by molar-refractivity contribution is -0.122. The number of rotatable bonds is 3. The van der Waals surface area contributed by atoms with Crippen LogP contribution < -0.4 is 4.90 Å². The molecule has 0 radical (unpaired) electrons. The summed E-state index contributed by atoms with van der Waals surface area (Å²) >= 11 is 7.53. The van der Waals surface area contributed by atoms with Gasteiger partial charge in [0.1, 0.15) is 0 Å². The van der Waals surface area contributed by atoms with Gasteiger partial charge in [0.2, 0.25) is 11.8 Å². The van der Waals surface area contributed by atoms with E-state index in [1.165, 1.54) is 4.90 Å². The van der Waals surface area contributed by atoms with Gasteiger partial charge in [-0.15, -0.1) is 11.3 Å². The maximum absolute atomic E-state index is 12.4. The summed E-state index contributed by atoms with van der Waals surface area (Å²) < 4.78 is 0. The van der Waals surface area contributed by atoms with Crippen molar-refractivity contribution in [2.75, 3.05) is 4.90 Å². The summed E-state index contributed by atoms with van der Waals surface area (Å²) in [5.41, 5.74) is 0.557. The van der Waals surface area contributed by atoms with Crippen LogP contribution in [0.3, 0.4) is 0 Å². The van der Waals surface area contributed by atoms with E-state index in [4.69, 9.17) is 11.6 Å². The minimum Gasteiger partial charge on any atom is -0.274 e. The van der Waals surface area contributed by atoms with Crippen LogP contribution in [0.5, 0.6) is 0 Å². The standard InChI is InChI=1S/C15H12ClNO2S/c16-11-3-1-4-12(9-11)17-14(18)8-10(15(17)19)7-13-5-2-6-20-13/h1-6,9-10H,7-8H2. The van der Waals surface area contributed by atoms with E-state index < -0.39 is 0 Å². The smallest absolute Gasteiger partial charge is 0.237 e. The molecule has 3 nitrogen and oxygen atoms in total. The second-order valence-corrected chi connectivity index (χ2v) is 6.20. The molecule has 102 valence electrons. The molecule has 0 spiro atoms. The molecular weight excluding hydrogens is 294 g/mol. The quantitative estimate of drug-likeness (QED) is 0.814. The third-order valence-electron chi connectivity index (χ3n) is 3.33. The van der Waals surface area contributed by atoms with Crippen LogP contribution in [0.25, 0.3) is 0 Å². The van der Waals surface area contributed by atoms with E-state index in [1.807, 2.05) is 17.5 Å². The summed E-state index contributed by atoms with van der Waals surface area (Å²) in [5, 5.41) is 2.50. The number of benzene rings is 1. The Bertz CT molecular complexity index is 654. The van der Waals surface area contributed by atoms with Crippen molar-refractivity contribution in [3.05, 3.63) is 51.7 Å². The van der Waals surface area contributed by atoms with Crippen LogP contribution >= 0.6 is 22.9 Å². The van der Waals surface area contributed by atoms with Crippen molar-refractivity contribution >= 4 is 40.4 Å². The summed E-state index contributed by atoms with van der Waals surface area (Å²) in [5.74, 6) is -0.551. The van der Waals surface area contributed by atoms with Crippen LogP contribution in [0.15, 0.2) is 41.8 Å². The number of hydrogen-bond acceptors (Lipinski definition) is 3. The van der Waals surface area contributed by atoms with Gasteiger partial charge >= 0.3 is 0 Å². The predicted octanol–water partition coefficient (Wildman–Crippen LogP) is 3.52. The van der Waals surface area contributed by atoms with Gasteiger partial charge in [-0.05, 0) is 36.1 Å². The molecule has 2 heterocycles. The minimum absolute atomic E-state index is 0.134. The van der Waals surface area contributed by atoms with Gasteiger partial charge in [0.25, 0.3) is 0 Å². The average molecular weight is 306 g/mol. The number of hydrogen-bond donors (Lipinski definition) is 0. The SMILES string of the molecule is O=C1CC(Cc2cccs2)C(=O)N1c1cccc(Cl)c1. The Balaban J connectivity index is 1.83. The van der Waals surface area contributed by atoms with Gasteiger partial charge in [-0.3, -0.25) is 14.5 Å². The summed E-state index contributed by atoms with van der Waals surface area (Å²) in [4.78, 5) is 26.9. The second-order valence-electron chi connectivity index (χ2n) is 4.73. The van der Waals surface area contributed by atoms with Crippen LogP contribution in [0.4, 0.5) is 5.69 Å². The van der Waals surface area contributed by atoms with Crippen molar-refractivity contribution in [3.8, 4) is 0 Å². The monoisotopic (exact) mass is 305 g/mol. The third kappa shape index (κ3) is 2.49. The number of amides is 2. The summed E-state index contributed by atoms with van der Waals surface area (Å²) in [6, 6.07) is 10.8. The zero-order valence-electron chi connectivity index (χ0n) is 10.6. The van der Waals surface area contributed by atoms with E-state index in [0.717, 1.165) is 4.88 Å². The number of imide groups is 1. The zero-order valence-corrected chi connectivity index (χ0v) is 12.2. The van der Waals surface area contributed by atoms with Gasteiger partial charge < -0.3 is 0 Å². The maximum Gasteiger partial charge on any atom is 0.237 e. The van der Waals surface area contributed by atoms with Crippen LogP contribution in [0.1, 0.15) is 11.3 Å². The van der Waals surface area contributed by atoms with Gasteiger partial charge in [0.15, 0.2) is 0 Å². The van der Waals surface area contributed by atoms with E-state index >= 15 is 0 Å². The molecule has 0 bridgehead atoms. The number of halogens is 1. The fraction of sp³-hybridized carbons (Fsp3) is 0.200. The molecule has 20 heavy (non-hydrogen) atoms. The number of nitrogens with zero attached hydrogens (tertiary/aromatic N) is 1. The summed E-state index contributed by atoms with van der Waals surface area (Å²) in [7, 11) is 0. The number of anilines is 1. The van der Waals surface area contributed by atoms with Gasteiger partial charge in [0, 0.05) is 16.3 Å². The molecule has 1 aliphatic heterocycles. The van der Waals surface area contributed by atoms with E-state index in [-0.39, 0.29) is 24.2 Å². The molecule has 2 aromatic rings. The molecule has 0 saturated carbocycles. The number of carbonyl (C=O) groups excluding carboxylic acids is 2. The molecule has 1 aromatic heterocycles. The van der Waals surface area contributed by atoms with Crippen molar-refractivity contribution in [2.45, 2.75) is 12.8 Å². The van der Waals surface area contributed by atoms with E-state index in [2.05, 4.69) is 0 Å². The Morgan fingerprint density at radius 3 is 2.80 bits per heavy atom. The molecule has 1 atom stereocenters. The van der Waals surface area contributed by atoms with E-state index in [9.17, 15) is 9.59 Å². The van der Waals surface area contributed by atoms with Gasteiger partial charge in [-0.2, -0.15) is 0 Å². The first kappa shape index (κ1) is 13.3. The Morgan fingerprint density at radius 2 is 2.10 bits per heavy atom. The zero-order chi connectivity index (χ0) is 14.1. The molecule has 5 heteroatoms. The van der Waals surface area contributed by atoms with Crippen molar-refractivity contribution in [2.24, 2.45) is 5.92 Å². The van der Waals surface area contributed by atoms with E-state index in [1.54, 1.807) is 35.6 Å². The highest BCUT2D eigenvalue weighted by Gasteiger charge is 2.39. The molecule has 3 rings (SSSR count). The van der Waals surface area contributed by atoms with E-state index in [0.29, 0.717) is 17.1 Å². The lowest BCUT2D eigenvalue weighted by Crippen LogP contribution is -2.30. The molecular formula is C15H12ClNO2S. The highest BCUT2D eigenvalue weighted by Crippen LogP contribution is 2.30. The van der Waals surface area contributed by atoms with Gasteiger partial charge in [0.05, 0.1) is 11.6 Å². The first-order chi connectivity index (χ1) is 9.65. The second kappa shape index (κ2) is 5.38. The first-order valence-electron chi connectivity index (χ1n) is 6.30. The predicted molar refractivity (Wildman–Crippen MR) is 80.1 cm³/mol. The maximum atomic E-state index is 12.4. The Hall–Kier alpha value is -1.65. The molecule has 1 unspecified atom stereocenters. The van der Waals surface area contributed by atoms with Gasteiger partial charge in [-0.1, -0.05) is 23.7 Å². The van der Waals surface area contributed by atoms with Crippen LogP contribution in [-0.4, -0.2) is 11.8 Å². The Kier molecular flexibility index (Phi) is 3.59. The highest BCUT2D eigenvalue weighted by atomic mass is 35.5. The van der Waals surface area contributed by atoms with Crippen molar-refractivity contribution in [1.29, 1.82) is 0 Å². The Labute approximate surface area is 125 Å². The molecule has 2 amide bonds. The molecule has 1 aromatic carbocycles. The average Bonchev–Trinajstić information content (AvgIpc) is 2.99. The lowest BCUT2D eigenvalue weighted by Gasteiger charge is -2.15. The Morgan fingerprint density at radius 1 is 1.25 bits per heavy atom. The number of carbonyl (C=O) groups is 2. The summed E-state index contributed by atoms with van der Waals surface area (Å²) in [6.45, 7) is 0. The van der Waals surface area contributed by atoms with Crippen LogP contribution in [0, 0.1) is 5.92 Å². The first-order valence-corrected chi connectivity index (χ1v) is 7.55. The summed E-state index contributed by atoms with van der Waals surface area (Å²) in [6.07, 6.45) is 0.891. The minimum atomic E-state index is -0.264. The molecule has 1 aliphatic rings. The largest absolute Gasteiger partial charge is 0.274 e. The van der Waals surface area contributed by atoms with Crippen LogP contribution in [0.2, 0.25) is 5.02 Å². The number of thiophene rings is 1. The molecule has 0 N–H and O–H groups in total. The fourth-order valence-electron chi connectivity index (χ4n) is 2.41. The van der Waals surface area contributed by atoms with Crippen LogP contribution in [-0.2, 0) is 16.0 Å². The highest BCUT2D eigenvalue weighted by molar-refractivity contribution is 7.09. The van der Waals surface area contributed by atoms with Gasteiger partial charge in [-0.25, -0.2) is 0 Å². The van der Waals surface area contributed by atoms with Crippen molar-refractivity contribution in [3.63, 3.8) is 0 Å². The van der Waals surface area contributed by atoms with Crippen molar-refractivity contribution < 1.29 is 9.59 Å². The topological polar surface area (TPSA) is 37.4 Å². The third-order valence-corrected chi connectivity index (χ3v) is 4.47. The van der Waals surface area contributed by atoms with Crippen molar-refractivity contribution in [1.82, 2.24) is 0 Å². The molecule has 1 fully saturated rings. The molecule has 1 saturated heterocycles. The molecule has 0 aliphatic carbocycles.